The topological polar surface area (TPSA) is 57.6 Å². The van der Waals surface area contributed by atoms with Gasteiger partial charge in [0, 0.05) is 17.6 Å². The Morgan fingerprint density at radius 3 is 2.45 bits per heavy atom. The van der Waals surface area contributed by atoms with Gasteiger partial charge < -0.3 is 10.0 Å². The molecule has 0 saturated carbocycles. The summed E-state index contributed by atoms with van der Waals surface area (Å²) in [6.07, 6.45) is 1.54. The number of anilines is 1. The van der Waals surface area contributed by atoms with E-state index >= 15 is 0 Å². The predicted octanol–water partition coefficient (Wildman–Crippen LogP) is 5.36. The molecule has 0 atom stereocenters. The molecule has 4 nitrogen and oxygen atoms in total. The fraction of sp³-hybridized carbons (Fsp3) is 0.167. The molecule has 0 spiro atoms. The minimum absolute atomic E-state index is 0.0262. The van der Waals surface area contributed by atoms with Crippen molar-refractivity contribution in [3.63, 3.8) is 0 Å². The molecule has 146 valence electrons. The zero-order chi connectivity index (χ0) is 20.5. The Hall–Kier alpha value is -3.11. The summed E-state index contributed by atoms with van der Waals surface area (Å²) in [7, 11) is 0. The molecule has 0 radical (unpaired) electrons. The first-order valence-electron chi connectivity index (χ1n) is 9.45. The van der Waals surface area contributed by atoms with Crippen LogP contribution in [0.1, 0.15) is 34.0 Å². The number of carbonyl (C=O) groups is 2. The van der Waals surface area contributed by atoms with Gasteiger partial charge in [0.15, 0.2) is 0 Å². The molecule has 1 aliphatic rings. The largest absolute Gasteiger partial charge is 0.478 e. The van der Waals surface area contributed by atoms with Gasteiger partial charge in [-0.05, 0) is 64.9 Å². The van der Waals surface area contributed by atoms with Crippen LogP contribution in [0.25, 0.3) is 11.1 Å². The Morgan fingerprint density at radius 1 is 0.931 bits per heavy atom. The van der Waals surface area contributed by atoms with Crippen LogP contribution in [-0.4, -0.2) is 17.0 Å². The maximum Gasteiger partial charge on any atom is 0.336 e. The fourth-order valence-electron chi connectivity index (χ4n) is 3.93. The van der Waals surface area contributed by atoms with E-state index in [2.05, 4.69) is 0 Å². The highest BCUT2D eigenvalue weighted by atomic mass is 35.5. The quantitative estimate of drug-likeness (QED) is 0.624. The van der Waals surface area contributed by atoms with E-state index in [-0.39, 0.29) is 11.5 Å². The summed E-state index contributed by atoms with van der Waals surface area (Å²) >= 11 is 6.19. The highest BCUT2D eigenvalue weighted by Crippen LogP contribution is 2.33. The summed E-state index contributed by atoms with van der Waals surface area (Å²) < 4.78 is 0. The number of hydrogen-bond acceptors (Lipinski definition) is 2. The molecule has 4 rings (SSSR count). The molecule has 5 heteroatoms. The van der Waals surface area contributed by atoms with Gasteiger partial charge in [0.25, 0.3) is 0 Å². The van der Waals surface area contributed by atoms with Crippen molar-refractivity contribution in [2.24, 2.45) is 0 Å². The van der Waals surface area contributed by atoms with Crippen LogP contribution in [0, 0.1) is 0 Å². The van der Waals surface area contributed by atoms with Crippen LogP contribution in [0.5, 0.6) is 0 Å². The number of nitrogens with zero attached hydrogens (tertiary/aromatic N) is 1. The summed E-state index contributed by atoms with van der Waals surface area (Å²) in [5.41, 5.74) is 5.94. The van der Waals surface area contributed by atoms with Gasteiger partial charge in [-0.2, -0.15) is 0 Å². The van der Waals surface area contributed by atoms with E-state index in [0.29, 0.717) is 17.1 Å². The fourth-order valence-corrected chi connectivity index (χ4v) is 4.12. The lowest BCUT2D eigenvalue weighted by atomic mass is 9.91. The molecule has 1 amide bonds. The van der Waals surface area contributed by atoms with Crippen molar-refractivity contribution in [2.45, 2.75) is 26.3 Å². The van der Waals surface area contributed by atoms with Crippen molar-refractivity contribution in [3.05, 3.63) is 87.9 Å². The molecule has 1 N–H and O–H groups in total. The molecule has 0 unspecified atom stereocenters. The van der Waals surface area contributed by atoms with Gasteiger partial charge in [0.2, 0.25) is 5.91 Å². The number of halogens is 1. The molecule has 1 heterocycles. The number of carbonyl (C=O) groups excluding carboxylic acids is 1. The minimum Gasteiger partial charge on any atom is -0.478 e. The van der Waals surface area contributed by atoms with Gasteiger partial charge in [-0.3, -0.25) is 4.79 Å². The van der Waals surface area contributed by atoms with E-state index < -0.39 is 5.97 Å². The minimum atomic E-state index is -0.946. The van der Waals surface area contributed by atoms with E-state index in [1.54, 1.807) is 24.0 Å². The van der Waals surface area contributed by atoms with E-state index in [1.807, 2.05) is 48.5 Å². The van der Waals surface area contributed by atoms with Crippen molar-refractivity contribution in [1.29, 1.82) is 0 Å². The first-order chi connectivity index (χ1) is 13.9. The molecule has 3 aromatic rings. The predicted molar refractivity (Wildman–Crippen MR) is 115 cm³/mol. The lowest BCUT2D eigenvalue weighted by Crippen LogP contribution is -2.30. The number of benzene rings is 3. The van der Waals surface area contributed by atoms with Crippen LogP contribution in [0.3, 0.4) is 0 Å². The van der Waals surface area contributed by atoms with Gasteiger partial charge >= 0.3 is 5.97 Å². The molecule has 0 aromatic heterocycles. The second kappa shape index (κ2) is 7.72. The molecule has 1 aliphatic heterocycles. The molecular weight excluding hydrogens is 386 g/mol. The molecule has 3 aromatic carbocycles. The van der Waals surface area contributed by atoms with E-state index in [0.717, 1.165) is 40.8 Å². The average molecular weight is 406 g/mol. The number of fused-ring (bicyclic) bond motifs is 2. The Bertz CT molecular complexity index is 1120. The Balaban J connectivity index is 1.79. The zero-order valence-corrected chi connectivity index (χ0v) is 16.7. The SMILES string of the molecule is CC(=O)N1Cc2ccc(-c3ccccc3C(=O)O)cc2CCc2cc(Cl)ccc21. The Morgan fingerprint density at radius 2 is 1.69 bits per heavy atom. The van der Waals surface area contributed by atoms with Crippen LogP contribution < -0.4 is 4.90 Å². The number of hydrogen-bond donors (Lipinski definition) is 1. The van der Waals surface area contributed by atoms with Gasteiger partial charge in [-0.15, -0.1) is 0 Å². The molecule has 0 fully saturated rings. The third-order valence-corrected chi connectivity index (χ3v) is 5.61. The van der Waals surface area contributed by atoms with E-state index in [1.165, 1.54) is 0 Å². The van der Waals surface area contributed by atoms with Crippen molar-refractivity contribution in [2.75, 3.05) is 4.90 Å². The second-order valence-electron chi connectivity index (χ2n) is 7.21. The molecular formula is C24H20ClNO3. The Labute approximate surface area is 174 Å². The molecule has 29 heavy (non-hydrogen) atoms. The van der Waals surface area contributed by atoms with Gasteiger partial charge in [-0.25, -0.2) is 4.79 Å². The van der Waals surface area contributed by atoms with Crippen LogP contribution in [0.15, 0.2) is 60.7 Å². The third-order valence-electron chi connectivity index (χ3n) is 5.38. The van der Waals surface area contributed by atoms with Crippen LogP contribution in [-0.2, 0) is 24.2 Å². The van der Waals surface area contributed by atoms with Crippen molar-refractivity contribution < 1.29 is 14.7 Å². The summed E-state index contributed by atoms with van der Waals surface area (Å²) in [4.78, 5) is 25.7. The number of carboxylic acids is 1. The lowest BCUT2D eigenvalue weighted by molar-refractivity contribution is -0.116. The summed E-state index contributed by atoms with van der Waals surface area (Å²) in [5, 5.41) is 10.2. The Kier molecular flexibility index (Phi) is 5.12. The number of aryl methyl sites for hydroxylation is 2. The first-order valence-corrected chi connectivity index (χ1v) is 9.83. The monoisotopic (exact) mass is 405 g/mol. The number of carboxylic acid groups (broad SMARTS) is 1. The molecule has 0 saturated heterocycles. The van der Waals surface area contributed by atoms with Gasteiger partial charge in [0.05, 0.1) is 12.1 Å². The highest BCUT2D eigenvalue weighted by Gasteiger charge is 2.21. The van der Waals surface area contributed by atoms with Crippen molar-refractivity contribution in [3.8, 4) is 11.1 Å². The maximum atomic E-state index is 12.4. The van der Waals surface area contributed by atoms with Crippen LogP contribution in [0.2, 0.25) is 5.02 Å². The summed E-state index contributed by atoms with van der Waals surface area (Å²) in [6.45, 7) is 2.04. The van der Waals surface area contributed by atoms with Crippen LogP contribution in [0.4, 0.5) is 5.69 Å². The lowest BCUT2D eigenvalue weighted by Gasteiger charge is -2.28. The van der Waals surface area contributed by atoms with E-state index in [4.69, 9.17) is 11.6 Å². The smallest absolute Gasteiger partial charge is 0.336 e. The number of rotatable bonds is 2. The normalized spacial score (nSPS) is 13.1. The van der Waals surface area contributed by atoms with E-state index in [9.17, 15) is 14.7 Å². The first kappa shape index (κ1) is 19.2. The standard InChI is InChI=1S/C24H20ClNO3/c1-15(27)26-14-19-9-7-17(21-4-2-3-5-22(21)24(28)29)12-16(19)6-8-18-13-20(25)10-11-23(18)26/h2-5,7,9-13H,6,8,14H2,1H3,(H,28,29). The maximum absolute atomic E-state index is 12.4. The summed E-state index contributed by atoms with van der Waals surface area (Å²) in [5.74, 6) is -0.972. The highest BCUT2D eigenvalue weighted by molar-refractivity contribution is 6.30. The van der Waals surface area contributed by atoms with Crippen LogP contribution >= 0.6 is 11.6 Å². The number of aromatic carboxylic acids is 1. The van der Waals surface area contributed by atoms with Gasteiger partial charge in [-0.1, -0.05) is 48.0 Å². The zero-order valence-electron chi connectivity index (χ0n) is 16.0. The molecule has 0 aliphatic carbocycles. The third kappa shape index (κ3) is 3.76. The second-order valence-corrected chi connectivity index (χ2v) is 7.65. The van der Waals surface area contributed by atoms with Crippen molar-refractivity contribution >= 4 is 29.2 Å². The van der Waals surface area contributed by atoms with Gasteiger partial charge in [0.1, 0.15) is 0 Å². The summed E-state index contributed by atoms with van der Waals surface area (Å²) in [6, 6.07) is 18.6. The molecule has 0 bridgehead atoms. The number of amides is 1. The average Bonchev–Trinajstić information content (AvgIpc) is 2.69. The van der Waals surface area contributed by atoms with Crippen molar-refractivity contribution in [1.82, 2.24) is 0 Å².